The molecule has 31 heavy (non-hydrogen) atoms. The number of aromatic nitrogens is 2. The van der Waals surface area contributed by atoms with E-state index in [-0.39, 0.29) is 36.5 Å². The number of likely N-dealkylation sites (N-methyl/N-ethyl adjacent to an activating group) is 1. The van der Waals surface area contributed by atoms with E-state index in [2.05, 4.69) is 4.98 Å². The molecule has 0 aliphatic heterocycles. The molecular formula is C23H27N5O3. The average molecular weight is 422 g/mol. The number of nitrogens with one attached hydrogen (secondary N) is 1. The molecular weight excluding hydrogens is 394 g/mol. The Bertz CT molecular complexity index is 1150. The van der Waals surface area contributed by atoms with E-state index in [0.29, 0.717) is 0 Å². The van der Waals surface area contributed by atoms with Gasteiger partial charge in [-0.1, -0.05) is 48.5 Å². The monoisotopic (exact) mass is 421 g/mol. The maximum absolute atomic E-state index is 13.1. The van der Waals surface area contributed by atoms with E-state index in [1.54, 1.807) is 11.9 Å². The molecule has 0 fully saturated rings. The van der Waals surface area contributed by atoms with E-state index in [4.69, 9.17) is 5.73 Å². The Kier molecular flexibility index (Phi) is 6.59. The quantitative estimate of drug-likeness (QED) is 0.608. The number of H-pyrrole nitrogens is 1. The molecule has 0 atom stereocenters. The summed E-state index contributed by atoms with van der Waals surface area (Å²) >= 11 is 0. The van der Waals surface area contributed by atoms with Crippen molar-refractivity contribution >= 4 is 23.1 Å². The topological polar surface area (TPSA) is 104 Å². The molecule has 1 amide bonds. The molecule has 0 aliphatic carbocycles. The lowest BCUT2D eigenvalue weighted by molar-refractivity contribution is -0.117. The van der Waals surface area contributed by atoms with Crippen LogP contribution in [0.25, 0.3) is 0 Å². The molecule has 0 radical (unpaired) electrons. The van der Waals surface area contributed by atoms with Crippen LogP contribution in [-0.4, -0.2) is 35.1 Å². The zero-order valence-electron chi connectivity index (χ0n) is 17.9. The van der Waals surface area contributed by atoms with E-state index in [0.717, 1.165) is 11.3 Å². The minimum absolute atomic E-state index is 0.0173. The maximum atomic E-state index is 13.1. The van der Waals surface area contributed by atoms with Crippen LogP contribution in [-0.2, 0) is 11.3 Å². The van der Waals surface area contributed by atoms with Gasteiger partial charge in [0.25, 0.3) is 5.56 Å². The summed E-state index contributed by atoms with van der Waals surface area (Å²) in [6.07, 6.45) is 0. The molecule has 8 nitrogen and oxygen atoms in total. The summed E-state index contributed by atoms with van der Waals surface area (Å²) in [5, 5.41) is 0. The summed E-state index contributed by atoms with van der Waals surface area (Å²) < 4.78 is 1.30. The van der Waals surface area contributed by atoms with Gasteiger partial charge in [0.05, 0.1) is 13.1 Å². The smallest absolute Gasteiger partial charge is 0.330 e. The van der Waals surface area contributed by atoms with Gasteiger partial charge in [0, 0.05) is 18.8 Å². The van der Waals surface area contributed by atoms with Crippen LogP contribution in [0.15, 0.2) is 70.3 Å². The molecule has 3 rings (SSSR count). The van der Waals surface area contributed by atoms with Crippen molar-refractivity contribution in [2.75, 3.05) is 29.1 Å². The predicted octanol–water partition coefficient (Wildman–Crippen LogP) is 2.04. The molecule has 0 saturated heterocycles. The number of benzene rings is 2. The van der Waals surface area contributed by atoms with Crippen LogP contribution in [0.5, 0.6) is 0 Å². The zero-order valence-corrected chi connectivity index (χ0v) is 17.9. The van der Waals surface area contributed by atoms with Crippen LogP contribution < -0.4 is 26.8 Å². The van der Waals surface area contributed by atoms with Crippen molar-refractivity contribution < 1.29 is 4.79 Å². The van der Waals surface area contributed by atoms with Gasteiger partial charge in [-0.2, -0.15) is 0 Å². The summed E-state index contributed by atoms with van der Waals surface area (Å²) in [6, 6.07) is 18.6. The van der Waals surface area contributed by atoms with Crippen molar-refractivity contribution in [3.8, 4) is 0 Å². The number of amides is 1. The second-order valence-corrected chi connectivity index (χ2v) is 7.61. The van der Waals surface area contributed by atoms with E-state index < -0.39 is 11.2 Å². The third-order valence-electron chi connectivity index (χ3n) is 4.97. The predicted molar refractivity (Wildman–Crippen MR) is 124 cm³/mol. The molecule has 1 aromatic heterocycles. The molecule has 0 bridgehead atoms. The summed E-state index contributed by atoms with van der Waals surface area (Å²) in [5.74, 6) is -0.174. The fourth-order valence-electron chi connectivity index (χ4n) is 3.55. The Morgan fingerprint density at radius 1 is 1.03 bits per heavy atom. The molecule has 2 aromatic carbocycles. The highest BCUT2D eigenvalue weighted by Crippen LogP contribution is 2.20. The molecule has 0 aliphatic rings. The van der Waals surface area contributed by atoms with Crippen molar-refractivity contribution in [2.45, 2.75) is 26.4 Å². The highest BCUT2D eigenvalue weighted by atomic mass is 16.2. The fourth-order valence-corrected chi connectivity index (χ4v) is 3.55. The summed E-state index contributed by atoms with van der Waals surface area (Å²) in [7, 11) is 1.61. The molecule has 1 heterocycles. The van der Waals surface area contributed by atoms with Crippen LogP contribution in [0.1, 0.15) is 19.4 Å². The number of nitrogens with two attached hydrogens (primary N) is 1. The first-order chi connectivity index (χ1) is 14.8. The van der Waals surface area contributed by atoms with Gasteiger partial charge in [-0.3, -0.25) is 19.1 Å². The van der Waals surface area contributed by atoms with Gasteiger partial charge < -0.3 is 15.5 Å². The molecule has 3 N–H and O–H groups in total. The average Bonchev–Trinajstić information content (AvgIpc) is 2.72. The number of carbonyl (C=O) groups is 1. The van der Waals surface area contributed by atoms with Gasteiger partial charge in [0.1, 0.15) is 11.5 Å². The Morgan fingerprint density at radius 3 is 2.19 bits per heavy atom. The second kappa shape index (κ2) is 9.34. The van der Waals surface area contributed by atoms with Gasteiger partial charge in [-0.25, -0.2) is 4.79 Å². The maximum Gasteiger partial charge on any atom is 0.330 e. The third-order valence-corrected chi connectivity index (χ3v) is 4.97. The van der Waals surface area contributed by atoms with Crippen molar-refractivity contribution in [3.63, 3.8) is 0 Å². The molecule has 0 spiro atoms. The van der Waals surface area contributed by atoms with Crippen molar-refractivity contribution in [2.24, 2.45) is 0 Å². The Labute approximate surface area is 180 Å². The standard InChI is InChI=1S/C23H27N5O3/c1-16(2)28(18-12-8-5-9-13-18)19(29)15-26(3)20-21(24)27(23(31)25-22(20)30)14-17-10-6-4-7-11-17/h4-13,16H,14-15,24H2,1-3H3,(H,25,30,31). The number of para-hydroxylation sites is 1. The molecule has 3 aromatic rings. The van der Waals surface area contributed by atoms with E-state index in [1.807, 2.05) is 74.5 Å². The van der Waals surface area contributed by atoms with Crippen molar-refractivity contribution in [1.29, 1.82) is 0 Å². The normalized spacial score (nSPS) is 10.8. The highest BCUT2D eigenvalue weighted by molar-refractivity contribution is 5.97. The van der Waals surface area contributed by atoms with Crippen LogP contribution in [0.2, 0.25) is 0 Å². The van der Waals surface area contributed by atoms with E-state index in [1.165, 1.54) is 9.47 Å². The zero-order chi connectivity index (χ0) is 22.5. The van der Waals surface area contributed by atoms with Crippen molar-refractivity contribution in [1.82, 2.24) is 9.55 Å². The number of aromatic amines is 1. The van der Waals surface area contributed by atoms with Gasteiger partial charge in [0.15, 0.2) is 0 Å². The Balaban J connectivity index is 1.91. The van der Waals surface area contributed by atoms with Gasteiger partial charge in [0.2, 0.25) is 5.91 Å². The molecule has 162 valence electrons. The molecule has 8 heteroatoms. The highest BCUT2D eigenvalue weighted by Gasteiger charge is 2.23. The Morgan fingerprint density at radius 2 is 1.61 bits per heavy atom. The SMILES string of the molecule is CC(C)N(C(=O)CN(C)c1c(N)n(Cc2ccccc2)c(=O)[nH]c1=O)c1ccccc1. The van der Waals surface area contributed by atoms with Gasteiger partial charge >= 0.3 is 5.69 Å². The Hall–Kier alpha value is -3.81. The largest absolute Gasteiger partial charge is 0.383 e. The minimum Gasteiger partial charge on any atom is -0.383 e. The molecule has 0 saturated carbocycles. The van der Waals surface area contributed by atoms with Crippen molar-refractivity contribution in [3.05, 3.63) is 87.1 Å². The third kappa shape index (κ3) is 4.85. The van der Waals surface area contributed by atoms with Crippen LogP contribution in [0.3, 0.4) is 0 Å². The fraction of sp³-hybridized carbons (Fsp3) is 0.261. The number of carbonyl (C=O) groups excluding carboxylic acids is 1. The summed E-state index contributed by atoms with van der Waals surface area (Å²) in [6.45, 7) is 3.97. The lowest BCUT2D eigenvalue weighted by Crippen LogP contribution is -2.45. The minimum atomic E-state index is -0.627. The van der Waals surface area contributed by atoms with Crippen LogP contribution in [0, 0.1) is 0 Å². The number of nitrogens with zero attached hydrogens (tertiary/aromatic N) is 3. The number of anilines is 3. The first-order valence-electron chi connectivity index (χ1n) is 10.0. The lowest BCUT2D eigenvalue weighted by Gasteiger charge is -2.30. The first kappa shape index (κ1) is 21.9. The van der Waals surface area contributed by atoms with E-state index in [9.17, 15) is 14.4 Å². The number of hydrogen-bond donors (Lipinski definition) is 2. The van der Waals surface area contributed by atoms with Crippen LogP contribution in [0.4, 0.5) is 17.2 Å². The number of hydrogen-bond acceptors (Lipinski definition) is 5. The lowest BCUT2D eigenvalue weighted by atomic mass is 10.2. The second-order valence-electron chi connectivity index (χ2n) is 7.61. The summed E-state index contributed by atoms with van der Waals surface area (Å²) in [5.41, 5.74) is 6.73. The van der Waals surface area contributed by atoms with E-state index >= 15 is 0 Å². The molecule has 0 unspecified atom stereocenters. The first-order valence-corrected chi connectivity index (χ1v) is 10.0. The van der Waals surface area contributed by atoms with Gasteiger partial charge in [-0.05, 0) is 31.5 Å². The summed E-state index contributed by atoms with van der Waals surface area (Å²) in [4.78, 5) is 43.5. The number of rotatable bonds is 7. The van der Waals surface area contributed by atoms with Crippen LogP contribution >= 0.6 is 0 Å². The van der Waals surface area contributed by atoms with Gasteiger partial charge in [-0.15, -0.1) is 0 Å². The number of nitrogen functional groups attached to an aromatic ring is 1.